The quantitative estimate of drug-likeness (QED) is 0.834. The molecule has 1 N–H and O–H groups in total. The van der Waals surface area contributed by atoms with E-state index in [9.17, 15) is 4.79 Å². The number of rotatable bonds is 2. The van der Waals surface area contributed by atoms with Crippen molar-refractivity contribution in [2.75, 3.05) is 0 Å². The predicted molar refractivity (Wildman–Crippen MR) is 67.1 cm³/mol. The highest BCUT2D eigenvalue weighted by atomic mass is 35.5. The fourth-order valence-corrected chi connectivity index (χ4v) is 2.00. The van der Waals surface area contributed by atoms with Gasteiger partial charge in [-0.3, -0.25) is 0 Å². The molecule has 17 heavy (non-hydrogen) atoms. The summed E-state index contributed by atoms with van der Waals surface area (Å²) in [4.78, 5) is 14.8. The molecule has 1 heterocycles. The first-order valence-electron chi connectivity index (χ1n) is 5.02. The Labute approximate surface area is 103 Å². The summed E-state index contributed by atoms with van der Waals surface area (Å²) in [6, 6.07) is 3.80. The van der Waals surface area contributed by atoms with E-state index < -0.39 is 5.97 Å². The molecule has 1 aromatic heterocycles. The van der Waals surface area contributed by atoms with Gasteiger partial charge in [-0.25, -0.2) is 9.78 Å². The number of aromatic nitrogens is 2. The van der Waals surface area contributed by atoms with Crippen molar-refractivity contribution < 1.29 is 9.90 Å². The van der Waals surface area contributed by atoms with Gasteiger partial charge in [-0.2, -0.15) is 0 Å². The Bertz CT molecular complexity index is 629. The highest BCUT2D eigenvalue weighted by molar-refractivity contribution is 6.35. The third-order valence-corrected chi connectivity index (χ3v) is 2.78. The number of hydrogen-bond acceptors (Lipinski definition) is 2. The van der Waals surface area contributed by atoms with Crippen LogP contribution in [-0.4, -0.2) is 20.6 Å². The topological polar surface area (TPSA) is 55.1 Å². The van der Waals surface area contributed by atoms with E-state index in [1.807, 2.05) is 30.7 Å². The van der Waals surface area contributed by atoms with Crippen LogP contribution in [0.4, 0.5) is 0 Å². The number of benzene rings is 1. The number of carboxylic acid groups (broad SMARTS) is 1. The van der Waals surface area contributed by atoms with Gasteiger partial charge in [0.05, 0.1) is 10.5 Å². The van der Waals surface area contributed by atoms with Crippen LogP contribution in [0, 0.1) is 6.92 Å². The van der Waals surface area contributed by atoms with Gasteiger partial charge in [0.25, 0.3) is 0 Å². The third kappa shape index (κ3) is 2.17. The second-order valence-corrected chi connectivity index (χ2v) is 4.22. The van der Waals surface area contributed by atoms with Crippen molar-refractivity contribution in [1.29, 1.82) is 0 Å². The van der Waals surface area contributed by atoms with Gasteiger partial charge in [-0.1, -0.05) is 11.6 Å². The highest BCUT2D eigenvalue weighted by Gasteiger charge is 2.09. The second-order valence-electron chi connectivity index (χ2n) is 3.82. The van der Waals surface area contributed by atoms with Crippen LogP contribution in [-0.2, 0) is 11.8 Å². The molecule has 0 atom stereocenters. The lowest BCUT2D eigenvalue weighted by molar-refractivity contribution is -0.131. The molecule has 0 bridgehead atoms. The summed E-state index contributed by atoms with van der Waals surface area (Å²) in [5, 5.41) is 9.16. The number of hydrogen-bond donors (Lipinski definition) is 1. The van der Waals surface area contributed by atoms with Crippen LogP contribution < -0.4 is 0 Å². The van der Waals surface area contributed by atoms with Crippen molar-refractivity contribution in [3.63, 3.8) is 0 Å². The Morgan fingerprint density at radius 1 is 1.53 bits per heavy atom. The molecule has 0 aliphatic carbocycles. The average Bonchev–Trinajstić information content (AvgIpc) is 2.54. The molecule has 0 fully saturated rings. The van der Waals surface area contributed by atoms with E-state index in [4.69, 9.17) is 16.7 Å². The van der Waals surface area contributed by atoms with Crippen LogP contribution in [0.15, 0.2) is 18.2 Å². The van der Waals surface area contributed by atoms with E-state index in [-0.39, 0.29) is 0 Å². The number of carboxylic acids is 1. The predicted octanol–water partition coefficient (Wildman–Crippen LogP) is 2.63. The fraction of sp³-hybridized carbons (Fsp3) is 0.167. The fourth-order valence-electron chi connectivity index (χ4n) is 1.69. The van der Waals surface area contributed by atoms with Crippen molar-refractivity contribution in [2.45, 2.75) is 6.92 Å². The monoisotopic (exact) mass is 250 g/mol. The Kier molecular flexibility index (Phi) is 2.90. The SMILES string of the molecule is Cc1cc(Cl)c2nc(/C=C/C(=O)O)n(C)c2c1. The van der Waals surface area contributed by atoms with E-state index in [0.717, 1.165) is 17.2 Å². The van der Waals surface area contributed by atoms with Crippen molar-refractivity contribution in [1.82, 2.24) is 9.55 Å². The summed E-state index contributed by atoms with van der Waals surface area (Å²) in [6.45, 7) is 1.95. The number of aliphatic carboxylic acids is 1. The average molecular weight is 251 g/mol. The molecule has 5 heteroatoms. The number of nitrogens with zero attached hydrogens (tertiary/aromatic N) is 2. The zero-order valence-corrected chi connectivity index (χ0v) is 10.2. The molecular weight excluding hydrogens is 240 g/mol. The first-order chi connectivity index (χ1) is 7.99. The van der Waals surface area contributed by atoms with Gasteiger partial charge in [0.2, 0.25) is 0 Å². The Morgan fingerprint density at radius 2 is 2.24 bits per heavy atom. The van der Waals surface area contributed by atoms with Crippen LogP contribution in [0.3, 0.4) is 0 Å². The van der Waals surface area contributed by atoms with Gasteiger partial charge < -0.3 is 9.67 Å². The molecule has 0 amide bonds. The maximum absolute atomic E-state index is 10.5. The maximum Gasteiger partial charge on any atom is 0.328 e. The summed E-state index contributed by atoms with van der Waals surface area (Å²) in [7, 11) is 1.83. The summed E-state index contributed by atoms with van der Waals surface area (Å²) < 4.78 is 1.81. The lowest BCUT2D eigenvalue weighted by Gasteiger charge is -1.99. The molecule has 0 spiro atoms. The van der Waals surface area contributed by atoms with Crippen molar-refractivity contribution in [3.05, 3.63) is 34.6 Å². The molecule has 0 aliphatic rings. The van der Waals surface area contributed by atoms with Gasteiger partial charge in [-0.05, 0) is 30.7 Å². The molecule has 0 radical (unpaired) electrons. The third-order valence-electron chi connectivity index (χ3n) is 2.49. The van der Waals surface area contributed by atoms with Crippen LogP contribution in [0.25, 0.3) is 17.1 Å². The molecule has 0 aliphatic heterocycles. The first kappa shape index (κ1) is 11.7. The lowest BCUT2D eigenvalue weighted by atomic mass is 10.2. The van der Waals surface area contributed by atoms with E-state index >= 15 is 0 Å². The van der Waals surface area contributed by atoms with Gasteiger partial charge >= 0.3 is 5.97 Å². The molecular formula is C12H11ClN2O2. The number of fused-ring (bicyclic) bond motifs is 1. The van der Waals surface area contributed by atoms with E-state index in [1.54, 1.807) is 0 Å². The van der Waals surface area contributed by atoms with Crippen molar-refractivity contribution in [2.24, 2.45) is 7.05 Å². The number of carbonyl (C=O) groups is 1. The molecule has 4 nitrogen and oxygen atoms in total. The van der Waals surface area contributed by atoms with Crippen LogP contribution >= 0.6 is 11.6 Å². The minimum atomic E-state index is -1.00. The van der Waals surface area contributed by atoms with Gasteiger partial charge in [0.15, 0.2) is 0 Å². The largest absolute Gasteiger partial charge is 0.478 e. The number of aryl methyl sites for hydroxylation is 2. The Hall–Kier alpha value is -1.81. The smallest absolute Gasteiger partial charge is 0.328 e. The number of imidazole rings is 1. The standard InChI is InChI=1S/C12H11ClN2O2/c1-7-5-8(13)12-9(6-7)15(2)10(14-12)3-4-11(16)17/h3-6H,1-2H3,(H,16,17)/b4-3+. The lowest BCUT2D eigenvalue weighted by Crippen LogP contribution is -1.93. The zero-order chi connectivity index (χ0) is 12.6. The Balaban J connectivity index is 2.64. The van der Waals surface area contributed by atoms with E-state index in [2.05, 4.69) is 4.98 Å². The van der Waals surface area contributed by atoms with E-state index in [0.29, 0.717) is 16.4 Å². The van der Waals surface area contributed by atoms with Crippen LogP contribution in [0.5, 0.6) is 0 Å². The van der Waals surface area contributed by atoms with Crippen LogP contribution in [0.1, 0.15) is 11.4 Å². The molecule has 2 rings (SSSR count). The van der Waals surface area contributed by atoms with Gasteiger partial charge in [0, 0.05) is 13.1 Å². The molecule has 0 saturated heterocycles. The molecule has 1 aromatic carbocycles. The highest BCUT2D eigenvalue weighted by Crippen LogP contribution is 2.25. The molecule has 0 unspecified atom stereocenters. The second kappa shape index (κ2) is 4.22. The summed E-state index contributed by atoms with van der Waals surface area (Å²) in [6.07, 6.45) is 2.51. The zero-order valence-electron chi connectivity index (χ0n) is 9.44. The van der Waals surface area contributed by atoms with Gasteiger partial charge in [-0.15, -0.1) is 0 Å². The minimum Gasteiger partial charge on any atom is -0.478 e. The maximum atomic E-state index is 10.5. The van der Waals surface area contributed by atoms with Crippen molar-refractivity contribution in [3.8, 4) is 0 Å². The van der Waals surface area contributed by atoms with E-state index in [1.165, 1.54) is 6.08 Å². The van der Waals surface area contributed by atoms with Crippen molar-refractivity contribution >= 4 is 34.7 Å². The summed E-state index contributed by atoms with van der Waals surface area (Å²) >= 11 is 6.09. The molecule has 88 valence electrons. The number of halogens is 1. The summed E-state index contributed by atoms with van der Waals surface area (Å²) in [5.74, 6) is -0.436. The normalized spacial score (nSPS) is 11.5. The summed E-state index contributed by atoms with van der Waals surface area (Å²) in [5.41, 5.74) is 2.61. The van der Waals surface area contributed by atoms with Gasteiger partial charge in [0.1, 0.15) is 11.3 Å². The van der Waals surface area contributed by atoms with Crippen LogP contribution in [0.2, 0.25) is 5.02 Å². The molecule has 0 saturated carbocycles. The first-order valence-corrected chi connectivity index (χ1v) is 5.40. The minimum absolute atomic E-state index is 0.565. The molecule has 2 aromatic rings. The Morgan fingerprint density at radius 3 is 2.88 bits per heavy atom.